The highest BCUT2D eigenvalue weighted by Gasteiger charge is 2.65. The summed E-state index contributed by atoms with van der Waals surface area (Å²) in [7, 11) is 0. The molecule has 0 spiro atoms. The van der Waals surface area contributed by atoms with Gasteiger partial charge >= 0.3 is 6.18 Å². The van der Waals surface area contributed by atoms with Gasteiger partial charge in [-0.15, -0.1) is 0 Å². The summed E-state index contributed by atoms with van der Waals surface area (Å²) >= 11 is 0. The first kappa shape index (κ1) is 24.3. The third-order valence-corrected chi connectivity index (χ3v) is 5.94. The molecule has 6 nitrogen and oxygen atoms in total. The lowest BCUT2D eigenvalue weighted by atomic mass is 9.75. The third-order valence-electron chi connectivity index (χ3n) is 5.94. The Bertz CT molecular complexity index is 1120. The largest absolute Gasteiger partial charge is 0.417 e. The Labute approximate surface area is 185 Å². The topological polar surface area (TPSA) is 94.3 Å². The van der Waals surface area contributed by atoms with E-state index < -0.39 is 53.2 Å². The van der Waals surface area contributed by atoms with Gasteiger partial charge in [0.25, 0.3) is 11.8 Å². The molecule has 1 aromatic carbocycles. The van der Waals surface area contributed by atoms with Gasteiger partial charge in [0.05, 0.1) is 0 Å². The molecule has 11 heteroatoms. The fourth-order valence-electron chi connectivity index (χ4n) is 3.96. The van der Waals surface area contributed by atoms with E-state index in [-0.39, 0.29) is 22.5 Å². The van der Waals surface area contributed by atoms with Gasteiger partial charge in [-0.3, -0.25) is 14.6 Å². The normalized spacial score (nSPS) is 25.0. The molecule has 176 valence electrons. The number of hydrogen-bond acceptors (Lipinski definition) is 4. The minimum Gasteiger partial charge on any atom is -0.364 e. The molecule has 1 saturated heterocycles. The van der Waals surface area contributed by atoms with Crippen LogP contribution >= 0.6 is 0 Å². The second-order valence-electron chi connectivity index (χ2n) is 7.81. The molecular weight excluding hydrogens is 449 g/mol. The van der Waals surface area contributed by atoms with E-state index >= 15 is 0 Å². The van der Waals surface area contributed by atoms with Crippen molar-refractivity contribution in [1.29, 1.82) is 0 Å². The zero-order chi connectivity index (χ0) is 24.7. The number of halogens is 5. The quantitative estimate of drug-likeness (QED) is 0.643. The molecule has 0 aliphatic carbocycles. The fraction of sp³-hybridized carbons (Fsp3) is 0.318. The number of carbonyl (C=O) groups is 2. The first-order chi connectivity index (χ1) is 15.3. The van der Waals surface area contributed by atoms with Crippen LogP contribution in [0.3, 0.4) is 0 Å². The summed E-state index contributed by atoms with van der Waals surface area (Å²) in [6, 6.07) is 4.32. The number of ether oxygens (including phenoxy) is 1. The number of nitrogens with zero attached hydrogens (tertiary/aromatic N) is 1. The minimum absolute atomic E-state index is 0.0358. The summed E-state index contributed by atoms with van der Waals surface area (Å²) in [6.45, 7) is 5.43. The van der Waals surface area contributed by atoms with Gasteiger partial charge in [-0.2, -0.15) is 13.2 Å². The van der Waals surface area contributed by atoms with Gasteiger partial charge in [0.2, 0.25) is 0 Å². The average Bonchev–Trinajstić information content (AvgIpc) is 3.02. The van der Waals surface area contributed by atoms with Gasteiger partial charge in [0.1, 0.15) is 11.8 Å². The number of alkyl halides is 3. The Morgan fingerprint density at radius 1 is 1.27 bits per heavy atom. The SMILES string of the molecule is C=Cc1c([C@H]2[C@@H](C(=O)Nc3ccnc(C(N)=O)c3)O[C@@](C)(C(F)(F)F)[C@H]2C)ccc(F)c1F. The Morgan fingerprint density at radius 2 is 1.94 bits per heavy atom. The van der Waals surface area contributed by atoms with Crippen molar-refractivity contribution in [3.8, 4) is 0 Å². The van der Waals surface area contributed by atoms with Crippen LogP contribution in [0.5, 0.6) is 0 Å². The van der Waals surface area contributed by atoms with Gasteiger partial charge in [0.15, 0.2) is 17.2 Å². The molecule has 1 aliphatic heterocycles. The van der Waals surface area contributed by atoms with Crippen LogP contribution in [-0.4, -0.2) is 34.7 Å². The second-order valence-corrected chi connectivity index (χ2v) is 7.81. The van der Waals surface area contributed by atoms with E-state index in [4.69, 9.17) is 10.5 Å². The molecule has 33 heavy (non-hydrogen) atoms. The van der Waals surface area contributed by atoms with Crippen molar-refractivity contribution in [2.75, 3.05) is 5.32 Å². The van der Waals surface area contributed by atoms with E-state index in [1.165, 1.54) is 19.2 Å². The van der Waals surface area contributed by atoms with Crippen LogP contribution in [0.2, 0.25) is 0 Å². The molecule has 1 fully saturated rings. The number of nitrogens with one attached hydrogen (secondary N) is 1. The van der Waals surface area contributed by atoms with Gasteiger partial charge in [-0.05, 0) is 30.7 Å². The van der Waals surface area contributed by atoms with E-state index in [0.29, 0.717) is 0 Å². The lowest BCUT2D eigenvalue weighted by molar-refractivity contribution is -0.272. The van der Waals surface area contributed by atoms with Crippen molar-refractivity contribution in [2.45, 2.75) is 37.6 Å². The number of amides is 2. The Balaban J connectivity index is 2.08. The number of aromatic nitrogens is 1. The smallest absolute Gasteiger partial charge is 0.364 e. The molecule has 1 aromatic heterocycles. The molecular formula is C22H20F5N3O3. The molecule has 3 rings (SSSR count). The molecule has 0 radical (unpaired) electrons. The fourth-order valence-corrected chi connectivity index (χ4v) is 3.96. The zero-order valence-electron chi connectivity index (χ0n) is 17.5. The molecule has 0 saturated carbocycles. The summed E-state index contributed by atoms with van der Waals surface area (Å²) in [5.74, 6) is -7.05. The van der Waals surface area contributed by atoms with E-state index in [2.05, 4.69) is 16.9 Å². The Hall–Kier alpha value is -3.34. The number of rotatable bonds is 5. The maximum Gasteiger partial charge on any atom is 0.417 e. The van der Waals surface area contributed by atoms with Gasteiger partial charge in [0, 0.05) is 29.3 Å². The molecule has 2 aromatic rings. The minimum atomic E-state index is -4.87. The van der Waals surface area contributed by atoms with Crippen LogP contribution in [0.1, 0.15) is 41.4 Å². The van der Waals surface area contributed by atoms with Crippen molar-refractivity contribution in [3.63, 3.8) is 0 Å². The lowest BCUT2D eigenvalue weighted by Crippen LogP contribution is -2.47. The first-order valence-corrected chi connectivity index (χ1v) is 9.73. The van der Waals surface area contributed by atoms with Crippen LogP contribution in [0, 0.1) is 17.6 Å². The van der Waals surface area contributed by atoms with Crippen molar-refractivity contribution in [2.24, 2.45) is 11.7 Å². The predicted molar refractivity (Wildman–Crippen MR) is 109 cm³/mol. The summed E-state index contributed by atoms with van der Waals surface area (Å²) in [6.07, 6.45) is -4.46. The van der Waals surface area contributed by atoms with Crippen molar-refractivity contribution in [3.05, 3.63) is 65.5 Å². The number of pyridine rings is 1. The van der Waals surface area contributed by atoms with Crippen LogP contribution in [0.4, 0.5) is 27.6 Å². The summed E-state index contributed by atoms with van der Waals surface area (Å²) in [4.78, 5) is 28.1. The summed E-state index contributed by atoms with van der Waals surface area (Å²) < 4.78 is 75.3. The van der Waals surface area contributed by atoms with Gasteiger partial charge < -0.3 is 15.8 Å². The third kappa shape index (κ3) is 4.20. The molecule has 2 heterocycles. The van der Waals surface area contributed by atoms with E-state index in [1.54, 1.807) is 0 Å². The zero-order valence-corrected chi connectivity index (χ0v) is 17.5. The highest BCUT2D eigenvalue weighted by atomic mass is 19.4. The first-order valence-electron chi connectivity index (χ1n) is 9.73. The molecule has 0 bridgehead atoms. The van der Waals surface area contributed by atoms with E-state index in [9.17, 15) is 31.5 Å². The number of hydrogen-bond donors (Lipinski definition) is 2. The monoisotopic (exact) mass is 469 g/mol. The van der Waals surface area contributed by atoms with Crippen LogP contribution in [0.15, 0.2) is 37.0 Å². The second kappa shape index (κ2) is 8.54. The maximum absolute atomic E-state index is 14.4. The van der Waals surface area contributed by atoms with Crippen molar-refractivity contribution in [1.82, 2.24) is 4.98 Å². The maximum atomic E-state index is 14.4. The highest BCUT2D eigenvalue weighted by molar-refractivity contribution is 5.97. The van der Waals surface area contributed by atoms with E-state index in [0.717, 1.165) is 31.2 Å². The van der Waals surface area contributed by atoms with Crippen LogP contribution < -0.4 is 11.1 Å². The number of nitrogens with two attached hydrogens (primary N) is 1. The van der Waals surface area contributed by atoms with E-state index in [1.807, 2.05) is 0 Å². The van der Waals surface area contributed by atoms with Gasteiger partial charge in [-0.25, -0.2) is 8.78 Å². The standard InChI is InChI=1S/C22H20F5N3O3/c1-4-12-13(5-6-14(23)17(12)24)16-10(2)21(3,22(25,26)27)33-18(16)20(32)30-11-7-8-29-15(9-11)19(28)31/h4-10,16,18H,1H2,2-3H3,(H2,28,31)(H,29,30,32)/t10-,16-,18-,21+/m0/s1. The number of primary amides is 1. The van der Waals surface area contributed by atoms with Gasteiger partial charge in [-0.1, -0.05) is 25.6 Å². The molecule has 2 amide bonds. The van der Waals surface area contributed by atoms with Crippen molar-refractivity contribution < 1.29 is 36.3 Å². The Kier molecular flexibility index (Phi) is 6.29. The van der Waals surface area contributed by atoms with Crippen molar-refractivity contribution >= 4 is 23.6 Å². The van der Waals surface area contributed by atoms with Crippen LogP contribution in [0.25, 0.3) is 6.08 Å². The average molecular weight is 469 g/mol. The van der Waals surface area contributed by atoms with Crippen LogP contribution in [-0.2, 0) is 9.53 Å². The summed E-state index contributed by atoms with van der Waals surface area (Å²) in [5, 5.41) is 2.38. The highest BCUT2D eigenvalue weighted by Crippen LogP contribution is 2.54. The summed E-state index contributed by atoms with van der Waals surface area (Å²) in [5.41, 5.74) is 1.83. The Morgan fingerprint density at radius 3 is 2.52 bits per heavy atom. The number of carbonyl (C=O) groups excluding carboxylic acids is 2. The molecule has 0 unspecified atom stereocenters. The molecule has 4 atom stereocenters. The number of anilines is 1. The molecule has 1 aliphatic rings. The lowest BCUT2D eigenvalue weighted by Gasteiger charge is -2.32. The molecule has 3 N–H and O–H groups in total. The number of benzene rings is 1. The predicted octanol–water partition coefficient (Wildman–Crippen LogP) is 4.18.